The van der Waals surface area contributed by atoms with Crippen molar-refractivity contribution in [3.05, 3.63) is 94.3 Å². The fraction of sp³-hybridized carbons (Fsp3) is 0.241. The predicted octanol–water partition coefficient (Wildman–Crippen LogP) is 6.10. The fourth-order valence-electron chi connectivity index (χ4n) is 4.95. The minimum atomic E-state index is -0.981. The molecule has 2 fully saturated rings. The number of carbonyl (C=O) groups excluding carboxylic acids is 2. The van der Waals surface area contributed by atoms with Crippen molar-refractivity contribution in [1.82, 2.24) is 0 Å². The molecule has 1 unspecified atom stereocenters. The van der Waals surface area contributed by atoms with Gasteiger partial charge in [0.25, 0.3) is 11.7 Å². The molecule has 1 atom stereocenters. The normalized spacial score (nSPS) is 19.1. The number of Topliss-reactive ketones (excluding diaryl/α,β-unsaturated/α-hetero) is 1. The van der Waals surface area contributed by atoms with Gasteiger partial charge in [0, 0.05) is 30.0 Å². The van der Waals surface area contributed by atoms with Gasteiger partial charge < -0.3 is 14.7 Å². The first kappa shape index (κ1) is 24.8. The van der Waals surface area contributed by atoms with Crippen molar-refractivity contribution >= 4 is 40.4 Å². The lowest BCUT2D eigenvalue weighted by atomic mass is 9.95. The summed E-state index contributed by atoms with van der Waals surface area (Å²) in [5.74, 6) is -2.06. The molecule has 37 heavy (non-hydrogen) atoms. The summed E-state index contributed by atoms with van der Waals surface area (Å²) < 4.78 is 19.3. The Morgan fingerprint density at radius 2 is 1.65 bits per heavy atom. The molecule has 5 rings (SSSR count). The van der Waals surface area contributed by atoms with Crippen LogP contribution in [-0.4, -0.2) is 36.5 Å². The van der Waals surface area contributed by atoms with Crippen molar-refractivity contribution in [3.63, 3.8) is 0 Å². The van der Waals surface area contributed by atoms with E-state index in [0.717, 1.165) is 31.6 Å². The van der Waals surface area contributed by atoms with Crippen LogP contribution in [0, 0.1) is 5.82 Å². The summed E-state index contributed by atoms with van der Waals surface area (Å²) >= 11 is 6.39. The van der Waals surface area contributed by atoms with Crippen molar-refractivity contribution < 1.29 is 23.8 Å². The van der Waals surface area contributed by atoms with Crippen LogP contribution in [-0.2, 0) is 9.59 Å². The Morgan fingerprint density at radius 3 is 2.30 bits per heavy atom. The number of carbonyl (C=O) groups is 2. The molecular formula is C29H26ClFN2O4. The van der Waals surface area contributed by atoms with Crippen LogP contribution in [0.25, 0.3) is 5.76 Å². The van der Waals surface area contributed by atoms with Crippen LogP contribution in [0.2, 0.25) is 5.02 Å². The van der Waals surface area contributed by atoms with Crippen molar-refractivity contribution in [3.8, 4) is 5.75 Å². The largest absolute Gasteiger partial charge is 0.507 e. The van der Waals surface area contributed by atoms with Crippen LogP contribution in [0.15, 0.2) is 72.3 Å². The minimum absolute atomic E-state index is 0.129. The first-order chi connectivity index (χ1) is 17.9. The Kier molecular flexibility index (Phi) is 6.89. The third kappa shape index (κ3) is 4.67. The van der Waals surface area contributed by atoms with Crippen LogP contribution in [0.1, 0.15) is 36.9 Å². The van der Waals surface area contributed by atoms with E-state index in [-0.39, 0.29) is 16.2 Å². The number of halogens is 2. The summed E-state index contributed by atoms with van der Waals surface area (Å²) in [5.41, 5.74) is 2.05. The van der Waals surface area contributed by atoms with Crippen molar-refractivity contribution in [2.24, 2.45) is 0 Å². The number of hydrogen-bond acceptors (Lipinski definition) is 5. The molecule has 3 aromatic rings. The van der Waals surface area contributed by atoms with E-state index in [1.54, 1.807) is 24.3 Å². The molecule has 8 heteroatoms. The maximum Gasteiger partial charge on any atom is 0.300 e. The Labute approximate surface area is 219 Å². The molecule has 1 amide bonds. The molecule has 0 aromatic heterocycles. The number of hydrogen-bond donors (Lipinski definition) is 1. The Morgan fingerprint density at radius 1 is 1.00 bits per heavy atom. The molecule has 0 bridgehead atoms. The van der Waals surface area contributed by atoms with Crippen LogP contribution >= 0.6 is 11.6 Å². The van der Waals surface area contributed by atoms with Crippen molar-refractivity contribution in [2.45, 2.75) is 25.8 Å². The molecule has 2 aliphatic heterocycles. The van der Waals surface area contributed by atoms with E-state index in [2.05, 4.69) is 4.90 Å². The molecular weight excluding hydrogens is 495 g/mol. The first-order valence-electron chi connectivity index (χ1n) is 12.2. The molecule has 2 saturated heterocycles. The van der Waals surface area contributed by atoms with Crippen LogP contribution in [0.4, 0.5) is 15.8 Å². The highest BCUT2D eigenvalue weighted by molar-refractivity contribution is 6.52. The molecule has 0 spiro atoms. The highest BCUT2D eigenvalue weighted by Gasteiger charge is 2.47. The topological polar surface area (TPSA) is 70.1 Å². The van der Waals surface area contributed by atoms with E-state index in [4.69, 9.17) is 16.3 Å². The molecule has 0 saturated carbocycles. The molecule has 0 radical (unpaired) electrons. The monoisotopic (exact) mass is 520 g/mol. The van der Waals surface area contributed by atoms with Gasteiger partial charge in [-0.15, -0.1) is 0 Å². The zero-order valence-corrected chi connectivity index (χ0v) is 21.0. The average molecular weight is 521 g/mol. The number of rotatable bonds is 6. The van der Waals surface area contributed by atoms with E-state index < -0.39 is 29.3 Å². The Bertz CT molecular complexity index is 1370. The first-order valence-corrected chi connectivity index (χ1v) is 12.6. The van der Waals surface area contributed by atoms with Crippen molar-refractivity contribution in [1.29, 1.82) is 0 Å². The van der Waals surface area contributed by atoms with Gasteiger partial charge in [-0.05, 0) is 79.9 Å². The number of amides is 1. The summed E-state index contributed by atoms with van der Waals surface area (Å²) in [6.07, 6.45) is 2.27. The lowest BCUT2D eigenvalue weighted by Crippen LogP contribution is -2.29. The molecule has 2 aliphatic rings. The quantitative estimate of drug-likeness (QED) is 0.241. The number of benzene rings is 3. The summed E-state index contributed by atoms with van der Waals surface area (Å²) in [6, 6.07) is 16.7. The summed E-state index contributed by atoms with van der Waals surface area (Å²) in [4.78, 5) is 30.4. The fourth-order valence-corrected chi connectivity index (χ4v) is 5.15. The molecule has 2 heterocycles. The second-order valence-electron chi connectivity index (χ2n) is 9.01. The number of ketones is 1. The van der Waals surface area contributed by atoms with Gasteiger partial charge in [0.15, 0.2) is 0 Å². The lowest BCUT2D eigenvalue weighted by Gasteiger charge is -2.26. The van der Waals surface area contributed by atoms with Gasteiger partial charge in [0.2, 0.25) is 0 Å². The SMILES string of the molecule is CCOc1ccc(Cl)c(/C(O)=C2\C(=O)C(=O)N(c3ccc(N4CCCC4)cc3)C2c2ccc(F)cc2)c1. The molecule has 190 valence electrons. The van der Waals surface area contributed by atoms with E-state index in [1.807, 2.05) is 19.1 Å². The number of nitrogens with zero attached hydrogens (tertiary/aromatic N) is 2. The number of aliphatic hydroxyl groups excluding tert-OH is 1. The molecule has 1 N–H and O–H groups in total. The second-order valence-corrected chi connectivity index (χ2v) is 9.41. The summed E-state index contributed by atoms with van der Waals surface area (Å²) in [7, 11) is 0. The average Bonchev–Trinajstić information content (AvgIpc) is 3.53. The van der Waals surface area contributed by atoms with Crippen LogP contribution in [0.3, 0.4) is 0 Å². The predicted molar refractivity (Wildman–Crippen MR) is 142 cm³/mol. The van der Waals surface area contributed by atoms with Gasteiger partial charge in [0.1, 0.15) is 17.3 Å². The van der Waals surface area contributed by atoms with Gasteiger partial charge >= 0.3 is 0 Å². The van der Waals surface area contributed by atoms with Gasteiger partial charge in [-0.3, -0.25) is 14.5 Å². The minimum Gasteiger partial charge on any atom is -0.507 e. The highest BCUT2D eigenvalue weighted by atomic mass is 35.5. The molecule has 3 aromatic carbocycles. The second kappa shape index (κ2) is 10.3. The van der Waals surface area contributed by atoms with Gasteiger partial charge in [-0.2, -0.15) is 0 Å². The van der Waals surface area contributed by atoms with Crippen molar-refractivity contribution in [2.75, 3.05) is 29.5 Å². The smallest absolute Gasteiger partial charge is 0.300 e. The van der Waals surface area contributed by atoms with E-state index in [0.29, 0.717) is 23.6 Å². The highest BCUT2D eigenvalue weighted by Crippen LogP contribution is 2.43. The summed E-state index contributed by atoms with van der Waals surface area (Å²) in [5, 5.41) is 11.6. The van der Waals surface area contributed by atoms with Gasteiger partial charge in [-0.1, -0.05) is 23.7 Å². The summed E-state index contributed by atoms with van der Waals surface area (Å²) in [6.45, 7) is 4.17. The standard InChI is InChI=1S/C29H26ClFN2O4/c1-2-37-22-13-14-24(30)23(17-22)27(34)25-26(18-5-7-19(31)8-6-18)33(29(36)28(25)35)21-11-9-20(10-12-21)32-15-3-4-16-32/h5-14,17,26,34H,2-4,15-16H2,1H3/b27-25+. The van der Waals surface area contributed by atoms with Crippen LogP contribution in [0.5, 0.6) is 5.75 Å². The molecule has 0 aliphatic carbocycles. The van der Waals surface area contributed by atoms with E-state index >= 15 is 0 Å². The number of ether oxygens (including phenoxy) is 1. The van der Waals surface area contributed by atoms with E-state index in [1.165, 1.54) is 35.2 Å². The van der Waals surface area contributed by atoms with Crippen LogP contribution < -0.4 is 14.5 Å². The Hall–Kier alpha value is -3.84. The molecule has 6 nitrogen and oxygen atoms in total. The number of aliphatic hydroxyl groups is 1. The third-order valence-corrected chi connectivity index (χ3v) is 7.06. The van der Waals surface area contributed by atoms with Gasteiger partial charge in [0.05, 0.1) is 23.2 Å². The zero-order chi connectivity index (χ0) is 26.1. The third-order valence-electron chi connectivity index (χ3n) is 6.73. The Balaban J connectivity index is 1.64. The number of anilines is 2. The maximum absolute atomic E-state index is 13.8. The lowest BCUT2D eigenvalue weighted by molar-refractivity contribution is -0.132. The zero-order valence-electron chi connectivity index (χ0n) is 20.3. The van der Waals surface area contributed by atoms with E-state index in [9.17, 15) is 19.1 Å². The maximum atomic E-state index is 13.8. The van der Waals surface area contributed by atoms with Gasteiger partial charge in [-0.25, -0.2) is 4.39 Å².